The van der Waals surface area contributed by atoms with Crippen molar-refractivity contribution in [2.24, 2.45) is 5.73 Å². The standard InChI is InChI=1S/C18H20N2O4/c1-20(15-8-6-13(7-9-15)17(19)21)18(22)14-4-3-5-16(12-14)24-11-10-23-2/h3-9,12H,10-11H2,1-2H3,(H2,19,21). The molecule has 0 atom stereocenters. The molecule has 0 radical (unpaired) electrons. The van der Waals surface area contributed by atoms with Crippen molar-refractivity contribution < 1.29 is 19.1 Å². The van der Waals surface area contributed by atoms with Gasteiger partial charge in [-0.1, -0.05) is 6.07 Å². The third kappa shape index (κ3) is 4.33. The van der Waals surface area contributed by atoms with Crippen LogP contribution in [0, 0.1) is 0 Å². The van der Waals surface area contributed by atoms with Crippen molar-refractivity contribution in [3.05, 3.63) is 59.7 Å². The predicted octanol–water partition coefficient (Wildman–Crippen LogP) is 2.09. The fraction of sp³-hybridized carbons (Fsp3) is 0.222. The van der Waals surface area contributed by atoms with Gasteiger partial charge in [0.15, 0.2) is 0 Å². The molecule has 0 bridgehead atoms. The van der Waals surface area contributed by atoms with Gasteiger partial charge in [-0.25, -0.2) is 0 Å². The molecule has 2 amide bonds. The Hall–Kier alpha value is -2.86. The first-order chi connectivity index (χ1) is 11.5. The van der Waals surface area contributed by atoms with E-state index in [2.05, 4.69) is 0 Å². The molecule has 2 aromatic rings. The lowest BCUT2D eigenvalue weighted by Gasteiger charge is -2.18. The second kappa shape index (κ2) is 8.12. The molecule has 0 saturated heterocycles. The number of nitrogens with two attached hydrogens (primary N) is 1. The Labute approximate surface area is 140 Å². The molecule has 0 aliphatic carbocycles. The van der Waals surface area contributed by atoms with E-state index in [9.17, 15) is 9.59 Å². The van der Waals surface area contributed by atoms with Crippen LogP contribution in [0.2, 0.25) is 0 Å². The van der Waals surface area contributed by atoms with Crippen molar-refractivity contribution in [3.8, 4) is 5.75 Å². The first-order valence-corrected chi connectivity index (χ1v) is 7.42. The lowest BCUT2D eigenvalue weighted by molar-refractivity contribution is 0.0988. The molecule has 0 unspecified atom stereocenters. The van der Waals surface area contributed by atoms with E-state index in [0.717, 1.165) is 0 Å². The van der Waals surface area contributed by atoms with E-state index in [0.29, 0.717) is 35.8 Å². The van der Waals surface area contributed by atoms with Crippen molar-refractivity contribution in [1.82, 2.24) is 0 Å². The van der Waals surface area contributed by atoms with E-state index < -0.39 is 5.91 Å². The molecule has 0 aliphatic heterocycles. The number of carbonyl (C=O) groups is 2. The number of carbonyl (C=O) groups excluding carboxylic acids is 2. The van der Waals surface area contributed by atoms with Gasteiger partial charge in [-0.2, -0.15) is 0 Å². The molecule has 2 N–H and O–H groups in total. The molecule has 0 fully saturated rings. The van der Waals surface area contributed by atoms with Gasteiger partial charge in [-0.05, 0) is 42.5 Å². The van der Waals surface area contributed by atoms with E-state index in [4.69, 9.17) is 15.2 Å². The second-order valence-electron chi connectivity index (χ2n) is 5.14. The van der Waals surface area contributed by atoms with Crippen LogP contribution in [0.3, 0.4) is 0 Å². The van der Waals surface area contributed by atoms with Crippen LogP contribution in [-0.2, 0) is 4.74 Å². The molecule has 0 spiro atoms. The minimum atomic E-state index is -0.503. The number of benzene rings is 2. The van der Waals surface area contributed by atoms with Gasteiger partial charge in [0.2, 0.25) is 5.91 Å². The number of hydrogen-bond acceptors (Lipinski definition) is 4. The Kier molecular flexibility index (Phi) is 5.92. The highest BCUT2D eigenvalue weighted by atomic mass is 16.5. The summed E-state index contributed by atoms with van der Waals surface area (Å²) >= 11 is 0. The topological polar surface area (TPSA) is 81.9 Å². The van der Waals surface area contributed by atoms with Crippen LogP contribution in [0.5, 0.6) is 5.75 Å². The maximum absolute atomic E-state index is 12.6. The van der Waals surface area contributed by atoms with Crippen LogP contribution in [-0.4, -0.2) is 39.2 Å². The molecular formula is C18H20N2O4. The molecule has 126 valence electrons. The summed E-state index contributed by atoms with van der Waals surface area (Å²) in [5, 5.41) is 0. The zero-order valence-corrected chi connectivity index (χ0v) is 13.7. The SMILES string of the molecule is COCCOc1cccc(C(=O)N(C)c2ccc(C(N)=O)cc2)c1. The molecule has 24 heavy (non-hydrogen) atoms. The zero-order chi connectivity index (χ0) is 17.5. The number of primary amides is 1. The molecule has 0 saturated carbocycles. The summed E-state index contributed by atoms with van der Waals surface area (Å²) in [5.74, 6) is -0.0779. The number of methoxy groups -OCH3 is 1. The van der Waals surface area contributed by atoms with Gasteiger partial charge in [-0.15, -0.1) is 0 Å². The third-order valence-electron chi connectivity index (χ3n) is 3.48. The summed E-state index contributed by atoms with van der Waals surface area (Å²) in [6.45, 7) is 0.892. The van der Waals surface area contributed by atoms with Crippen LogP contribution in [0.15, 0.2) is 48.5 Å². The summed E-state index contributed by atoms with van der Waals surface area (Å²) in [7, 11) is 3.27. The Bertz CT molecular complexity index is 713. The molecule has 6 heteroatoms. The highest BCUT2D eigenvalue weighted by Gasteiger charge is 2.14. The molecule has 2 rings (SSSR count). The summed E-state index contributed by atoms with van der Waals surface area (Å²) in [4.78, 5) is 25.2. The molecule has 0 heterocycles. The minimum absolute atomic E-state index is 0.181. The van der Waals surface area contributed by atoms with Gasteiger partial charge >= 0.3 is 0 Å². The minimum Gasteiger partial charge on any atom is -0.491 e. The van der Waals surface area contributed by atoms with Gasteiger partial charge in [0.1, 0.15) is 12.4 Å². The van der Waals surface area contributed by atoms with E-state index in [1.165, 1.54) is 4.90 Å². The van der Waals surface area contributed by atoms with E-state index >= 15 is 0 Å². The summed E-state index contributed by atoms with van der Waals surface area (Å²) in [6, 6.07) is 13.5. The molecular weight excluding hydrogens is 308 g/mol. The van der Waals surface area contributed by atoms with Gasteiger partial charge in [0, 0.05) is 31.0 Å². The van der Waals surface area contributed by atoms with Crippen molar-refractivity contribution >= 4 is 17.5 Å². The summed E-state index contributed by atoms with van der Waals surface area (Å²) in [6.07, 6.45) is 0. The predicted molar refractivity (Wildman–Crippen MR) is 91.5 cm³/mol. The fourth-order valence-electron chi connectivity index (χ4n) is 2.12. The van der Waals surface area contributed by atoms with Crippen LogP contribution >= 0.6 is 0 Å². The van der Waals surface area contributed by atoms with Crippen molar-refractivity contribution in [2.45, 2.75) is 0 Å². The Morgan fingerprint density at radius 3 is 2.38 bits per heavy atom. The Morgan fingerprint density at radius 2 is 1.75 bits per heavy atom. The average Bonchev–Trinajstić information content (AvgIpc) is 2.61. The first-order valence-electron chi connectivity index (χ1n) is 7.42. The van der Waals surface area contributed by atoms with E-state index in [1.807, 2.05) is 0 Å². The van der Waals surface area contributed by atoms with Crippen LogP contribution in [0.1, 0.15) is 20.7 Å². The largest absolute Gasteiger partial charge is 0.491 e. The molecule has 6 nitrogen and oxygen atoms in total. The number of hydrogen-bond donors (Lipinski definition) is 1. The third-order valence-corrected chi connectivity index (χ3v) is 3.48. The number of nitrogens with zero attached hydrogens (tertiary/aromatic N) is 1. The summed E-state index contributed by atoms with van der Waals surface area (Å²) in [5.41, 5.74) is 6.78. The highest BCUT2D eigenvalue weighted by Crippen LogP contribution is 2.19. The van der Waals surface area contributed by atoms with Crippen LogP contribution in [0.25, 0.3) is 0 Å². The van der Waals surface area contributed by atoms with Gasteiger partial charge in [-0.3, -0.25) is 9.59 Å². The van der Waals surface area contributed by atoms with Gasteiger partial charge in [0.05, 0.1) is 6.61 Å². The maximum Gasteiger partial charge on any atom is 0.258 e. The molecule has 0 aliphatic rings. The van der Waals surface area contributed by atoms with Crippen molar-refractivity contribution in [1.29, 1.82) is 0 Å². The smallest absolute Gasteiger partial charge is 0.258 e. The van der Waals surface area contributed by atoms with E-state index in [-0.39, 0.29) is 5.91 Å². The summed E-state index contributed by atoms with van der Waals surface area (Å²) < 4.78 is 10.4. The lowest BCUT2D eigenvalue weighted by Crippen LogP contribution is -2.26. The average molecular weight is 328 g/mol. The fourth-order valence-corrected chi connectivity index (χ4v) is 2.12. The first kappa shape index (κ1) is 17.5. The maximum atomic E-state index is 12.6. The van der Waals surface area contributed by atoms with Crippen molar-refractivity contribution in [2.75, 3.05) is 32.3 Å². The monoisotopic (exact) mass is 328 g/mol. The quantitative estimate of drug-likeness (QED) is 0.789. The molecule has 2 aromatic carbocycles. The molecule has 0 aromatic heterocycles. The number of anilines is 1. The normalized spacial score (nSPS) is 10.2. The van der Waals surface area contributed by atoms with E-state index in [1.54, 1.807) is 62.7 Å². The number of amides is 2. The van der Waals surface area contributed by atoms with Crippen molar-refractivity contribution in [3.63, 3.8) is 0 Å². The second-order valence-corrected chi connectivity index (χ2v) is 5.14. The van der Waals surface area contributed by atoms with Gasteiger partial charge in [0.25, 0.3) is 5.91 Å². The number of ether oxygens (including phenoxy) is 2. The lowest BCUT2D eigenvalue weighted by atomic mass is 10.1. The van der Waals surface area contributed by atoms with Crippen LogP contribution < -0.4 is 15.4 Å². The zero-order valence-electron chi connectivity index (χ0n) is 13.7. The Balaban J connectivity index is 2.12. The van der Waals surface area contributed by atoms with Gasteiger partial charge < -0.3 is 20.1 Å². The number of rotatable bonds is 7. The highest BCUT2D eigenvalue weighted by molar-refractivity contribution is 6.06. The van der Waals surface area contributed by atoms with Crippen LogP contribution in [0.4, 0.5) is 5.69 Å². The Morgan fingerprint density at radius 1 is 1.04 bits per heavy atom.